The second-order valence-corrected chi connectivity index (χ2v) is 6.98. The molecule has 2 unspecified atom stereocenters. The average Bonchev–Trinajstić information content (AvgIpc) is 2.95. The number of hydrogen-bond donors (Lipinski definition) is 1. The molecule has 1 saturated carbocycles. The van der Waals surface area contributed by atoms with Crippen molar-refractivity contribution in [2.45, 2.75) is 25.3 Å². The van der Waals surface area contributed by atoms with Crippen molar-refractivity contribution in [1.82, 2.24) is 4.90 Å². The van der Waals surface area contributed by atoms with E-state index in [4.69, 9.17) is 5.73 Å². The molecule has 2 N–H and O–H groups in total. The van der Waals surface area contributed by atoms with Crippen molar-refractivity contribution in [2.75, 3.05) is 13.6 Å². The maximum atomic E-state index is 12.3. The Labute approximate surface area is 114 Å². The van der Waals surface area contributed by atoms with Gasteiger partial charge in [0.2, 0.25) is 0 Å². The molecule has 1 aliphatic carbocycles. The van der Waals surface area contributed by atoms with E-state index in [9.17, 15) is 4.79 Å². The minimum atomic E-state index is 0.117. The van der Waals surface area contributed by atoms with Crippen molar-refractivity contribution in [1.29, 1.82) is 0 Å². The topological polar surface area (TPSA) is 46.3 Å². The molecule has 0 radical (unpaired) electrons. The lowest BCUT2D eigenvalue weighted by Crippen LogP contribution is -2.41. The lowest BCUT2D eigenvalue weighted by Gasteiger charge is -2.28. The number of nitrogens with zero attached hydrogens (tertiary/aromatic N) is 1. The van der Waals surface area contributed by atoms with Gasteiger partial charge < -0.3 is 10.6 Å². The van der Waals surface area contributed by atoms with Crippen LogP contribution in [0.4, 0.5) is 0 Å². The fourth-order valence-corrected chi connectivity index (χ4v) is 3.92. The van der Waals surface area contributed by atoms with Crippen molar-refractivity contribution in [2.24, 2.45) is 11.7 Å². The summed E-state index contributed by atoms with van der Waals surface area (Å²) in [5, 5.41) is 0. The number of thiophene rings is 1. The molecule has 1 fully saturated rings. The third-order valence-corrected chi connectivity index (χ3v) is 5.14. The first-order valence-electron chi connectivity index (χ1n) is 5.86. The summed E-state index contributed by atoms with van der Waals surface area (Å²) in [6.45, 7) is 0.677. The first-order chi connectivity index (χ1) is 8.13. The zero-order valence-corrected chi connectivity index (χ0v) is 12.3. The maximum Gasteiger partial charge on any atom is 0.263 e. The highest BCUT2D eigenvalue weighted by atomic mass is 79.9. The number of nitrogens with two attached hydrogens (primary N) is 1. The Morgan fingerprint density at radius 3 is 2.94 bits per heavy atom. The van der Waals surface area contributed by atoms with Crippen molar-refractivity contribution in [3.63, 3.8) is 0 Å². The molecule has 94 valence electrons. The third-order valence-electron chi connectivity index (χ3n) is 3.52. The Morgan fingerprint density at radius 2 is 2.35 bits per heavy atom. The van der Waals surface area contributed by atoms with E-state index in [-0.39, 0.29) is 5.91 Å². The minimum absolute atomic E-state index is 0.117. The van der Waals surface area contributed by atoms with Gasteiger partial charge in [-0.3, -0.25) is 4.79 Å². The van der Waals surface area contributed by atoms with Crippen LogP contribution in [0.1, 0.15) is 28.9 Å². The number of carbonyl (C=O) groups is 1. The lowest BCUT2D eigenvalue weighted by molar-refractivity contribution is 0.0705. The largest absolute Gasteiger partial charge is 0.338 e. The molecule has 0 aliphatic heterocycles. The highest BCUT2D eigenvalue weighted by Crippen LogP contribution is 2.30. The summed E-state index contributed by atoms with van der Waals surface area (Å²) in [5.41, 5.74) is 5.76. The molecule has 17 heavy (non-hydrogen) atoms. The number of hydrogen-bond acceptors (Lipinski definition) is 3. The summed E-state index contributed by atoms with van der Waals surface area (Å²) in [4.78, 5) is 15.0. The summed E-state index contributed by atoms with van der Waals surface area (Å²) < 4.78 is 0.996. The van der Waals surface area contributed by atoms with Crippen LogP contribution in [0, 0.1) is 5.92 Å². The van der Waals surface area contributed by atoms with Crippen molar-refractivity contribution >= 4 is 33.2 Å². The number of halogens is 1. The van der Waals surface area contributed by atoms with E-state index in [2.05, 4.69) is 15.9 Å². The summed E-state index contributed by atoms with van der Waals surface area (Å²) >= 11 is 4.87. The van der Waals surface area contributed by atoms with Crippen LogP contribution in [-0.2, 0) is 0 Å². The highest BCUT2D eigenvalue weighted by Gasteiger charge is 2.32. The standard InChI is InChI=1S/C12H17BrN2OS/c1-15(9-4-2-3-8(9)7-14)12(16)10-5-6-11(13)17-10/h5-6,8-9H,2-4,7,14H2,1H3. The summed E-state index contributed by atoms with van der Waals surface area (Å²) in [6.07, 6.45) is 3.40. The van der Waals surface area contributed by atoms with Crippen LogP contribution in [0.15, 0.2) is 15.9 Å². The van der Waals surface area contributed by atoms with Gasteiger partial charge in [0.1, 0.15) is 0 Å². The van der Waals surface area contributed by atoms with Gasteiger partial charge in [-0.15, -0.1) is 11.3 Å². The van der Waals surface area contributed by atoms with Gasteiger partial charge >= 0.3 is 0 Å². The van der Waals surface area contributed by atoms with Crippen LogP contribution in [0.3, 0.4) is 0 Å². The average molecular weight is 317 g/mol. The van der Waals surface area contributed by atoms with E-state index in [1.54, 1.807) is 0 Å². The zero-order chi connectivity index (χ0) is 12.4. The fraction of sp³-hybridized carbons (Fsp3) is 0.583. The van der Waals surface area contributed by atoms with E-state index in [0.717, 1.165) is 21.5 Å². The number of amides is 1. The zero-order valence-electron chi connectivity index (χ0n) is 9.86. The second-order valence-electron chi connectivity index (χ2n) is 4.51. The molecule has 0 saturated heterocycles. The first-order valence-corrected chi connectivity index (χ1v) is 7.47. The van der Waals surface area contributed by atoms with Gasteiger partial charge in [-0.1, -0.05) is 6.42 Å². The van der Waals surface area contributed by atoms with Crippen LogP contribution in [0.25, 0.3) is 0 Å². The molecule has 1 aromatic rings. The smallest absolute Gasteiger partial charge is 0.263 e. The maximum absolute atomic E-state index is 12.3. The molecule has 1 aromatic heterocycles. The molecule has 2 rings (SSSR count). The van der Waals surface area contributed by atoms with E-state index >= 15 is 0 Å². The highest BCUT2D eigenvalue weighted by molar-refractivity contribution is 9.11. The molecule has 5 heteroatoms. The molecule has 0 aromatic carbocycles. The van der Waals surface area contributed by atoms with Crippen LogP contribution in [-0.4, -0.2) is 30.4 Å². The molecular weight excluding hydrogens is 300 g/mol. The van der Waals surface area contributed by atoms with Gasteiger partial charge in [0.05, 0.1) is 8.66 Å². The van der Waals surface area contributed by atoms with Gasteiger partial charge in [0, 0.05) is 13.1 Å². The minimum Gasteiger partial charge on any atom is -0.338 e. The molecule has 0 bridgehead atoms. The SMILES string of the molecule is CN(C(=O)c1ccc(Br)s1)C1CCCC1CN. The van der Waals surface area contributed by atoms with Crippen LogP contribution in [0.5, 0.6) is 0 Å². The van der Waals surface area contributed by atoms with Crippen molar-refractivity contribution in [3.05, 3.63) is 20.8 Å². The lowest BCUT2D eigenvalue weighted by atomic mass is 10.0. The van der Waals surface area contributed by atoms with Gasteiger partial charge in [-0.25, -0.2) is 0 Å². The van der Waals surface area contributed by atoms with E-state index in [1.165, 1.54) is 17.8 Å². The van der Waals surface area contributed by atoms with E-state index < -0.39 is 0 Å². The molecular formula is C12H17BrN2OS. The van der Waals surface area contributed by atoms with E-state index in [1.807, 2.05) is 24.1 Å². The molecule has 1 heterocycles. The van der Waals surface area contributed by atoms with Crippen LogP contribution in [0.2, 0.25) is 0 Å². The van der Waals surface area contributed by atoms with Crippen LogP contribution >= 0.6 is 27.3 Å². The molecule has 1 amide bonds. The van der Waals surface area contributed by atoms with Gasteiger partial charge in [-0.2, -0.15) is 0 Å². The van der Waals surface area contributed by atoms with Gasteiger partial charge in [0.25, 0.3) is 5.91 Å². The molecule has 0 spiro atoms. The first kappa shape index (κ1) is 13.1. The Balaban J connectivity index is 2.09. The van der Waals surface area contributed by atoms with Crippen LogP contribution < -0.4 is 5.73 Å². The van der Waals surface area contributed by atoms with Gasteiger partial charge in [0.15, 0.2) is 0 Å². The normalized spacial score (nSPS) is 23.9. The summed E-state index contributed by atoms with van der Waals surface area (Å²) in [6, 6.07) is 4.11. The Hall–Kier alpha value is -0.390. The molecule has 2 atom stereocenters. The predicted molar refractivity (Wildman–Crippen MR) is 74.3 cm³/mol. The number of carbonyl (C=O) groups excluding carboxylic acids is 1. The predicted octanol–water partition coefficient (Wildman–Crippen LogP) is 2.71. The monoisotopic (exact) mass is 316 g/mol. The Bertz CT molecular complexity index is 407. The van der Waals surface area contributed by atoms with E-state index in [0.29, 0.717) is 18.5 Å². The van der Waals surface area contributed by atoms with Crippen molar-refractivity contribution < 1.29 is 4.79 Å². The molecule has 1 aliphatic rings. The van der Waals surface area contributed by atoms with Gasteiger partial charge in [-0.05, 0) is 53.4 Å². The second kappa shape index (κ2) is 5.50. The Kier molecular flexibility index (Phi) is 4.22. The quantitative estimate of drug-likeness (QED) is 0.932. The Morgan fingerprint density at radius 1 is 1.59 bits per heavy atom. The third kappa shape index (κ3) is 2.72. The summed E-state index contributed by atoms with van der Waals surface area (Å²) in [7, 11) is 1.90. The van der Waals surface area contributed by atoms with Crippen molar-refractivity contribution in [3.8, 4) is 0 Å². The summed E-state index contributed by atoms with van der Waals surface area (Å²) in [5.74, 6) is 0.582. The number of rotatable bonds is 3. The molecule has 3 nitrogen and oxygen atoms in total. The fourth-order valence-electron chi connectivity index (χ4n) is 2.56.